The second kappa shape index (κ2) is 12.6. The Bertz CT molecular complexity index is 1460. The van der Waals surface area contributed by atoms with E-state index in [1.807, 2.05) is 0 Å². The Morgan fingerprint density at radius 3 is 1.20 bits per heavy atom. The zero-order valence-corrected chi connectivity index (χ0v) is 22.6. The average Bonchev–Trinajstić information content (AvgIpc) is 2.94. The summed E-state index contributed by atoms with van der Waals surface area (Å²) in [6, 6.07) is 4.42. The smallest absolute Gasteiger partial charge is 0.460 e. The van der Waals surface area contributed by atoms with E-state index in [0.717, 1.165) is 21.6 Å². The number of aromatic nitrogens is 2. The normalized spacial score (nSPS) is 15.3. The summed E-state index contributed by atoms with van der Waals surface area (Å²) in [6.07, 6.45) is -38.6. The Morgan fingerprint density at radius 1 is 0.440 bits per heavy atom. The van der Waals surface area contributed by atoms with E-state index in [1.165, 1.54) is 18.5 Å². The van der Waals surface area contributed by atoms with Gasteiger partial charge in [0.25, 0.3) is 0 Å². The van der Waals surface area contributed by atoms with E-state index in [-0.39, 0.29) is 11.4 Å². The molecule has 286 valence electrons. The van der Waals surface area contributed by atoms with Crippen LogP contribution in [0.2, 0.25) is 0 Å². The SMILES string of the molecule is FC(F)(F)C(F)(F)C(F)(F)C(F)(F)OC(F)(F)C(F)(F)OC(F)(F)C(F)(F)C(F)(F)C(F)(F)C(F)(F)COc1ccc(-c2ncccn2)cc1. The van der Waals surface area contributed by atoms with Crippen LogP contribution in [0, 0.1) is 0 Å². The molecule has 0 amide bonds. The first kappa shape index (κ1) is 42.6. The highest BCUT2D eigenvalue weighted by molar-refractivity contribution is 5.55. The molecule has 1 heterocycles. The van der Waals surface area contributed by atoms with Crippen molar-refractivity contribution in [1.82, 2.24) is 9.97 Å². The largest absolute Gasteiger partial charge is 0.487 e. The molecule has 0 fully saturated rings. The van der Waals surface area contributed by atoms with Crippen molar-refractivity contribution >= 4 is 0 Å². The third-order valence-electron chi connectivity index (χ3n) is 5.68. The minimum absolute atomic E-state index is 0.0505. The molecule has 0 spiro atoms. The molecule has 2 aromatic rings. The molecule has 28 heteroatoms. The van der Waals surface area contributed by atoms with Gasteiger partial charge in [-0.15, -0.1) is 0 Å². The third kappa shape index (κ3) is 7.12. The fraction of sp³-hybridized carbons (Fsp3) is 0.545. The van der Waals surface area contributed by atoms with Crippen molar-refractivity contribution in [3.05, 3.63) is 42.7 Å². The molecule has 0 atom stereocenters. The summed E-state index contributed by atoms with van der Waals surface area (Å²) in [5.74, 6) is -49.2. The molecule has 2 rings (SSSR count). The summed E-state index contributed by atoms with van der Waals surface area (Å²) in [5.41, 5.74) is 0.0629. The van der Waals surface area contributed by atoms with Crippen molar-refractivity contribution < 1.29 is 115 Å². The molecule has 5 nitrogen and oxygen atoms in total. The number of alkyl halides is 23. The van der Waals surface area contributed by atoms with Crippen molar-refractivity contribution in [1.29, 1.82) is 0 Å². The first-order valence-electron chi connectivity index (χ1n) is 11.7. The Labute approximate surface area is 258 Å². The van der Waals surface area contributed by atoms with Gasteiger partial charge in [0.15, 0.2) is 12.4 Å². The molecule has 1 aromatic heterocycles. The van der Waals surface area contributed by atoms with Crippen molar-refractivity contribution in [2.75, 3.05) is 6.61 Å². The molecule has 0 N–H and O–H groups in total. The van der Waals surface area contributed by atoms with Gasteiger partial charge >= 0.3 is 66.1 Å². The lowest BCUT2D eigenvalue weighted by Gasteiger charge is -2.40. The van der Waals surface area contributed by atoms with Crippen LogP contribution in [0.1, 0.15) is 0 Å². The Morgan fingerprint density at radius 2 is 0.820 bits per heavy atom. The van der Waals surface area contributed by atoms with E-state index >= 15 is 0 Å². The van der Waals surface area contributed by atoms with Crippen molar-refractivity contribution in [2.45, 2.75) is 66.1 Å². The lowest BCUT2D eigenvalue weighted by molar-refractivity contribution is -0.558. The lowest BCUT2D eigenvalue weighted by atomic mass is 9.98. The number of halogens is 23. The summed E-state index contributed by atoms with van der Waals surface area (Å²) in [5, 5.41) is 0. The van der Waals surface area contributed by atoms with Crippen LogP contribution in [0.4, 0.5) is 101 Å². The summed E-state index contributed by atoms with van der Waals surface area (Å²) in [6.45, 7) is -3.13. The summed E-state index contributed by atoms with van der Waals surface area (Å²) in [4.78, 5) is 7.45. The first-order chi connectivity index (χ1) is 22.0. The van der Waals surface area contributed by atoms with Crippen LogP contribution in [0.25, 0.3) is 11.4 Å². The monoisotopic (exact) mass is 786 g/mol. The van der Waals surface area contributed by atoms with Gasteiger partial charge in [-0.3, -0.25) is 0 Å². The van der Waals surface area contributed by atoms with Crippen molar-refractivity contribution in [3.63, 3.8) is 0 Å². The van der Waals surface area contributed by atoms with Crippen LogP contribution in [0.3, 0.4) is 0 Å². The maximum absolute atomic E-state index is 14.1. The second-order valence-corrected chi connectivity index (χ2v) is 9.23. The molecular formula is C22H9F23N2O3. The van der Waals surface area contributed by atoms with Crippen molar-refractivity contribution in [3.8, 4) is 17.1 Å². The number of rotatable bonds is 15. The Hall–Kier alpha value is -3.59. The fourth-order valence-corrected chi connectivity index (χ4v) is 2.95. The molecule has 50 heavy (non-hydrogen) atoms. The third-order valence-corrected chi connectivity index (χ3v) is 5.68. The predicted octanol–water partition coefficient (Wildman–Crippen LogP) is 9.30. The number of ether oxygens (including phenoxy) is 3. The van der Waals surface area contributed by atoms with E-state index in [1.54, 1.807) is 0 Å². The molecule has 0 saturated heterocycles. The van der Waals surface area contributed by atoms with Crippen LogP contribution < -0.4 is 4.74 Å². The Balaban J connectivity index is 2.34. The molecule has 0 radical (unpaired) electrons. The van der Waals surface area contributed by atoms with Gasteiger partial charge in [-0.25, -0.2) is 19.4 Å². The van der Waals surface area contributed by atoms with E-state index in [9.17, 15) is 101 Å². The lowest BCUT2D eigenvalue weighted by Crippen LogP contribution is -2.70. The first-order valence-corrected chi connectivity index (χ1v) is 11.7. The van der Waals surface area contributed by atoms with Gasteiger partial charge in [0.2, 0.25) is 0 Å². The average molecular weight is 786 g/mol. The molecular weight excluding hydrogens is 777 g/mol. The number of hydrogen-bond donors (Lipinski definition) is 0. The molecule has 0 aliphatic rings. The van der Waals surface area contributed by atoms with Gasteiger partial charge in [0.1, 0.15) is 5.75 Å². The number of nitrogens with zero attached hydrogens (tertiary/aromatic N) is 2. The van der Waals surface area contributed by atoms with Gasteiger partial charge < -0.3 is 4.74 Å². The molecule has 0 bridgehead atoms. The minimum atomic E-state index is -8.58. The van der Waals surface area contributed by atoms with Gasteiger partial charge in [0, 0.05) is 18.0 Å². The fourth-order valence-electron chi connectivity index (χ4n) is 2.95. The van der Waals surface area contributed by atoms with Gasteiger partial charge in [-0.2, -0.15) is 101 Å². The molecule has 0 unspecified atom stereocenters. The zero-order valence-electron chi connectivity index (χ0n) is 22.6. The van der Waals surface area contributed by atoms with Crippen LogP contribution in [-0.2, 0) is 9.47 Å². The van der Waals surface area contributed by atoms with E-state index in [4.69, 9.17) is 0 Å². The summed E-state index contributed by atoms with van der Waals surface area (Å²) in [7, 11) is 0. The van der Waals surface area contributed by atoms with E-state index in [0.29, 0.717) is 12.1 Å². The quantitative estimate of drug-likeness (QED) is 0.169. The second-order valence-electron chi connectivity index (χ2n) is 9.23. The molecule has 1 aromatic carbocycles. The van der Waals surface area contributed by atoms with Crippen LogP contribution in [0.15, 0.2) is 42.7 Å². The van der Waals surface area contributed by atoms with Crippen LogP contribution in [0.5, 0.6) is 5.75 Å². The highest BCUT2D eigenvalue weighted by Gasteiger charge is 2.89. The van der Waals surface area contributed by atoms with Gasteiger partial charge in [0.05, 0.1) is 0 Å². The van der Waals surface area contributed by atoms with E-state index < -0.39 is 78.5 Å². The van der Waals surface area contributed by atoms with Gasteiger partial charge in [-0.05, 0) is 30.3 Å². The maximum atomic E-state index is 14.1. The van der Waals surface area contributed by atoms with Crippen LogP contribution in [-0.4, -0.2) is 82.7 Å². The zero-order chi connectivity index (χ0) is 39.4. The van der Waals surface area contributed by atoms with Gasteiger partial charge in [-0.1, -0.05) is 0 Å². The highest BCUT2D eigenvalue weighted by atomic mass is 19.4. The standard InChI is InChI=1S/C22H9F23N2O3/c23-12(24,8-48-10-4-2-9(3-5-10)11-46-6-1-7-47-11)13(25,26)14(27,28)16(31,32)19(38,39)49-21(42,43)22(44,45)50-20(40,41)17(33,34)15(29,30)18(35,36)37/h1-7H,8H2. The summed E-state index contributed by atoms with van der Waals surface area (Å²) >= 11 is 0. The topological polar surface area (TPSA) is 53.5 Å². The summed E-state index contributed by atoms with van der Waals surface area (Å²) < 4.78 is 314. The van der Waals surface area contributed by atoms with Crippen molar-refractivity contribution in [2.24, 2.45) is 0 Å². The molecule has 0 saturated carbocycles. The van der Waals surface area contributed by atoms with Crippen LogP contribution >= 0.6 is 0 Å². The maximum Gasteiger partial charge on any atom is 0.460 e. The molecule has 0 aliphatic heterocycles. The Kier molecular flexibility index (Phi) is 10.7. The minimum Gasteiger partial charge on any atom is -0.487 e. The highest BCUT2D eigenvalue weighted by Crippen LogP contribution is 2.60. The number of benzene rings is 1. The number of hydrogen-bond acceptors (Lipinski definition) is 5. The van der Waals surface area contributed by atoms with E-state index in [2.05, 4.69) is 14.7 Å². The molecule has 0 aliphatic carbocycles. The predicted molar refractivity (Wildman–Crippen MR) is 111 cm³/mol.